The Morgan fingerprint density at radius 2 is 1.35 bits per heavy atom. The first-order valence-electron chi connectivity index (χ1n) is 23.3. The number of H-pyrrole nitrogens is 1. The zero-order valence-electron chi connectivity index (χ0n) is 39.9. The van der Waals surface area contributed by atoms with Crippen molar-refractivity contribution < 1.29 is 63.3 Å². The number of para-hydroxylation sites is 1. The molecule has 2 fully saturated rings. The van der Waals surface area contributed by atoms with Crippen LogP contribution in [0.2, 0.25) is 0 Å². The molecule has 0 bridgehead atoms. The number of likely N-dealkylation sites (tertiary alicyclic amines) is 2. The van der Waals surface area contributed by atoms with Gasteiger partial charge in [-0.2, -0.15) is 0 Å². The highest BCUT2D eigenvalue weighted by Gasteiger charge is 2.41. The van der Waals surface area contributed by atoms with E-state index in [0.717, 1.165) is 16.5 Å². The van der Waals surface area contributed by atoms with Gasteiger partial charge in [0.15, 0.2) is 0 Å². The summed E-state index contributed by atoms with van der Waals surface area (Å²) in [6, 6.07) is -2.31. The van der Waals surface area contributed by atoms with E-state index in [1.165, 1.54) is 23.6 Å². The lowest BCUT2D eigenvalue weighted by Gasteiger charge is -2.31. The molecule has 0 unspecified atom stereocenters. The molecule has 380 valence electrons. The Labute approximate surface area is 399 Å². The Morgan fingerprint density at radius 3 is 1.96 bits per heavy atom. The number of carboxylic acid groups (broad SMARTS) is 2. The summed E-state index contributed by atoms with van der Waals surface area (Å²) in [5.74, 6) is -9.11. The van der Waals surface area contributed by atoms with Crippen LogP contribution in [-0.4, -0.2) is 163 Å². The average Bonchev–Trinajstić information content (AvgIpc) is 4.08. The van der Waals surface area contributed by atoms with Crippen LogP contribution in [-0.2, 0) is 54.4 Å². The minimum atomic E-state index is -1.56. The van der Waals surface area contributed by atoms with Crippen LogP contribution in [0, 0.1) is 11.8 Å². The lowest BCUT2D eigenvalue weighted by atomic mass is 10.0. The number of aromatic nitrogens is 1. The topological polar surface area (TPSA) is 352 Å². The third-order valence-corrected chi connectivity index (χ3v) is 12.2. The number of nitrogens with two attached hydrogens (primary N) is 1. The second-order valence-electron chi connectivity index (χ2n) is 18.5. The van der Waals surface area contributed by atoms with Crippen molar-refractivity contribution in [3.63, 3.8) is 0 Å². The highest BCUT2D eigenvalue weighted by Crippen LogP contribution is 2.23. The first-order chi connectivity index (χ1) is 32.5. The zero-order chi connectivity index (χ0) is 51.3. The van der Waals surface area contributed by atoms with Crippen LogP contribution in [0.3, 0.4) is 0 Å². The molecule has 0 radical (unpaired) electrons. The van der Waals surface area contributed by atoms with E-state index in [2.05, 4.69) is 36.9 Å². The van der Waals surface area contributed by atoms with Gasteiger partial charge in [-0.25, -0.2) is 0 Å². The molecule has 9 atom stereocenters. The number of aliphatic carboxylic acids is 2. The fourth-order valence-electron chi connectivity index (χ4n) is 8.43. The fraction of sp³-hybridized carbons (Fsp3) is 0.609. The van der Waals surface area contributed by atoms with Gasteiger partial charge < -0.3 is 67.7 Å². The number of nitrogens with zero attached hydrogens (tertiary/aromatic N) is 2. The van der Waals surface area contributed by atoms with Crippen LogP contribution in [0.15, 0.2) is 30.5 Å². The van der Waals surface area contributed by atoms with Gasteiger partial charge in [0, 0.05) is 36.6 Å². The Morgan fingerprint density at radius 1 is 0.739 bits per heavy atom. The summed E-state index contributed by atoms with van der Waals surface area (Å²) in [7, 11) is 0. The van der Waals surface area contributed by atoms with Crippen LogP contribution in [0.5, 0.6) is 0 Å². The van der Waals surface area contributed by atoms with E-state index in [-0.39, 0.29) is 51.1 Å². The zero-order valence-corrected chi connectivity index (χ0v) is 39.9. The standard InChI is InChI=1S/C46H68N10O13/c1-23(2)19-32(52-39(61)29(47)20-27-21-48-30-12-8-7-11-28(27)30)40(62)51-31(15-16-36(59)60)45(67)56-18-10-13-33(56)41(63)49-22-35(58)55-17-9-14-34(55)42(64)53-37(24(3)4)43(65)54-38(26(6)57)44(66)50-25(5)46(68)69/h7-8,11-12,21,23-26,29,31-34,37-38,48,57H,9-10,13-20,22,47H2,1-6H3,(H,49,63)(H,50,66)(H,51,62)(H,52,61)(H,53,64)(H,54,65)(H,59,60)(H,68,69)/t25-,26+,29-,31-,32-,33-,34-,37-,38-/m0/s1. The molecule has 0 aliphatic carbocycles. The molecule has 1 aromatic carbocycles. The molecule has 2 saturated heterocycles. The number of aromatic amines is 1. The summed E-state index contributed by atoms with van der Waals surface area (Å²) in [6.45, 7) is 9.01. The number of hydrogen-bond acceptors (Lipinski definition) is 12. The minimum absolute atomic E-state index is 0.0855. The number of hydrogen-bond donors (Lipinski definition) is 11. The molecule has 69 heavy (non-hydrogen) atoms. The molecule has 2 aliphatic heterocycles. The van der Waals surface area contributed by atoms with E-state index >= 15 is 0 Å². The molecule has 2 aliphatic rings. The Balaban J connectivity index is 1.38. The van der Waals surface area contributed by atoms with Crippen molar-refractivity contribution in [3.05, 3.63) is 36.0 Å². The number of carboxylic acids is 2. The lowest BCUT2D eigenvalue weighted by Crippen LogP contribution is -2.61. The smallest absolute Gasteiger partial charge is 0.325 e. The van der Waals surface area contributed by atoms with Crippen molar-refractivity contribution in [3.8, 4) is 0 Å². The molecule has 2 aromatic rings. The number of aliphatic hydroxyl groups is 1. The van der Waals surface area contributed by atoms with Gasteiger partial charge in [0.1, 0.15) is 42.3 Å². The molecule has 23 nitrogen and oxygen atoms in total. The van der Waals surface area contributed by atoms with Crippen molar-refractivity contribution in [2.75, 3.05) is 19.6 Å². The van der Waals surface area contributed by atoms with E-state index in [1.54, 1.807) is 20.0 Å². The van der Waals surface area contributed by atoms with Gasteiger partial charge in [-0.15, -0.1) is 0 Å². The maximum Gasteiger partial charge on any atom is 0.325 e. The SMILES string of the molecule is CC(C)C[C@H](NC(=O)[C@@H](N)Cc1c[nH]c2ccccc12)C(=O)N[C@@H](CCC(=O)O)C(=O)N1CCC[C@H]1C(=O)NCC(=O)N1CCC[C@H]1C(=O)N[C@H](C(=O)N[C@H](C(=O)N[C@@H](C)C(=O)O)[C@@H](C)O)C(C)C. The summed E-state index contributed by atoms with van der Waals surface area (Å²) in [6.07, 6.45) is 1.01. The second kappa shape index (κ2) is 25.1. The highest BCUT2D eigenvalue weighted by atomic mass is 16.4. The molecular formula is C46H68N10O13. The number of aliphatic hydroxyl groups excluding tert-OH is 1. The van der Waals surface area contributed by atoms with Crippen molar-refractivity contribution in [2.45, 2.75) is 147 Å². The van der Waals surface area contributed by atoms with Gasteiger partial charge in [0.25, 0.3) is 0 Å². The van der Waals surface area contributed by atoms with E-state index < -0.39 is 133 Å². The maximum atomic E-state index is 14.1. The molecule has 1 aromatic heterocycles. The van der Waals surface area contributed by atoms with Crippen molar-refractivity contribution in [2.24, 2.45) is 17.6 Å². The van der Waals surface area contributed by atoms with Crippen LogP contribution in [0.4, 0.5) is 0 Å². The van der Waals surface area contributed by atoms with Crippen LogP contribution >= 0.6 is 0 Å². The summed E-state index contributed by atoms with van der Waals surface area (Å²) < 4.78 is 0. The number of fused-ring (bicyclic) bond motifs is 1. The normalized spacial score (nSPS) is 18.9. The predicted octanol–water partition coefficient (Wildman–Crippen LogP) is -1.39. The van der Waals surface area contributed by atoms with E-state index in [0.29, 0.717) is 12.8 Å². The number of carbonyl (C=O) groups excluding carboxylic acids is 8. The van der Waals surface area contributed by atoms with Crippen molar-refractivity contribution in [1.82, 2.24) is 46.7 Å². The third-order valence-electron chi connectivity index (χ3n) is 12.2. The Kier molecular flexibility index (Phi) is 20.0. The van der Waals surface area contributed by atoms with Gasteiger partial charge in [-0.3, -0.25) is 47.9 Å². The van der Waals surface area contributed by atoms with Gasteiger partial charge >= 0.3 is 11.9 Å². The van der Waals surface area contributed by atoms with Crippen LogP contribution < -0.4 is 37.6 Å². The fourth-order valence-corrected chi connectivity index (χ4v) is 8.43. The van der Waals surface area contributed by atoms with E-state index in [1.807, 2.05) is 38.1 Å². The third kappa shape index (κ3) is 15.2. The van der Waals surface area contributed by atoms with Crippen LogP contribution in [0.1, 0.15) is 92.1 Å². The molecule has 4 rings (SSSR count). The minimum Gasteiger partial charge on any atom is -0.481 e. The number of benzene rings is 1. The summed E-state index contributed by atoms with van der Waals surface area (Å²) in [4.78, 5) is 137. The number of rotatable bonds is 24. The monoisotopic (exact) mass is 968 g/mol. The van der Waals surface area contributed by atoms with E-state index in [9.17, 15) is 58.2 Å². The Hall–Kier alpha value is -6.62. The van der Waals surface area contributed by atoms with Crippen LogP contribution in [0.25, 0.3) is 10.9 Å². The number of nitrogens with one attached hydrogen (secondary N) is 7. The first kappa shape index (κ1) is 55.0. The van der Waals surface area contributed by atoms with Gasteiger partial charge in [-0.1, -0.05) is 45.9 Å². The summed E-state index contributed by atoms with van der Waals surface area (Å²) >= 11 is 0. The molecule has 0 spiro atoms. The predicted molar refractivity (Wildman–Crippen MR) is 248 cm³/mol. The molecule has 0 saturated carbocycles. The molecule has 23 heteroatoms. The average molecular weight is 969 g/mol. The highest BCUT2D eigenvalue weighted by molar-refractivity contribution is 5.98. The van der Waals surface area contributed by atoms with Crippen molar-refractivity contribution in [1.29, 1.82) is 0 Å². The second-order valence-corrected chi connectivity index (χ2v) is 18.5. The molecule has 8 amide bonds. The Bertz CT molecular complexity index is 2210. The van der Waals surface area contributed by atoms with Gasteiger partial charge in [0.2, 0.25) is 47.3 Å². The first-order valence-corrected chi connectivity index (χ1v) is 23.3. The molecule has 3 heterocycles. The van der Waals surface area contributed by atoms with Gasteiger partial charge in [0.05, 0.1) is 18.7 Å². The van der Waals surface area contributed by atoms with E-state index in [4.69, 9.17) is 10.8 Å². The summed E-state index contributed by atoms with van der Waals surface area (Å²) in [5, 5.41) is 44.9. The van der Waals surface area contributed by atoms with Gasteiger partial charge in [-0.05, 0) is 82.3 Å². The lowest BCUT2D eigenvalue weighted by molar-refractivity contribution is -0.144. The molecular weight excluding hydrogens is 901 g/mol. The number of amides is 8. The van der Waals surface area contributed by atoms with Crippen molar-refractivity contribution >= 4 is 70.1 Å². The molecule has 12 N–H and O–H groups in total. The summed E-state index contributed by atoms with van der Waals surface area (Å²) in [5.41, 5.74) is 7.99. The quantitative estimate of drug-likeness (QED) is 0.0578. The number of carbonyl (C=O) groups is 10. The largest absolute Gasteiger partial charge is 0.481 e. The maximum absolute atomic E-state index is 14.1.